The third-order valence-corrected chi connectivity index (χ3v) is 9.42. The first-order valence-electron chi connectivity index (χ1n) is 11.5. The summed E-state index contributed by atoms with van der Waals surface area (Å²) in [6.07, 6.45) is 0.872. The Morgan fingerprint density at radius 2 is 1.97 bits per heavy atom. The largest absolute Gasteiger partial charge is 0.393 e. The van der Waals surface area contributed by atoms with E-state index in [4.69, 9.17) is 9.47 Å². The molecule has 6 nitrogen and oxygen atoms in total. The molecule has 1 aliphatic heterocycles. The van der Waals surface area contributed by atoms with Crippen LogP contribution in [0.2, 0.25) is 0 Å². The Kier molecular flexibility index (Phi) is 4.52. The van der Waals surface area contributed by atoms with Gasteiger partial charge in [-0.25, -0.2) is 4.39 Å². The van der Waals surface area contributed by atoms with Gasteiger partial charge < -0.3 is 19.7 Å². The third-order valence-electron chi connectivity index (χ3n) is 9.42. The van der Waals surface area contributed by atoms with Crippen LogP contribution in [-0.4, -0.2) is 58.2 Å². The van der Waals surface area contributed by atoms with Crippen LogP contribution in [0.5, 0.6) is 0 Å². The second kappa shape index (κ2) is 6.46. The molecule has 0 aromatic carbocycles. The molecule has 1 saturated heterocycles. The summed E-state index contributed by atoms with van der Waals surface area (Å²) in [6, 6.07) is 0. The molecule has 0 bridgehead atoms. The van der Waals surface area contributed by atoms with Crippen LogP contribution in [0.15, 0.2) is 11.6 Å². The maximum atomic E-state index is 15.5. The van der Waals surface area contributed by atoms with Crippen molar-refractivity contribution < 1.29 is 33.7 Å². The summed E-state index contributed by atoms with van der Waals surface area (Å²) in [5.74, 6) is -1.90. The molecule has 0 aromatic rings. The van der Waals surface area contributed by atoms with Crippen LogP contribution in [-0.2, 0) is 19.1 Å². The number of Topliss-reactive ketones (excluding diaryl/α,β-unsaturated/α-hetero) is 1. The quantitative estimate of drug-likeness (QED) is 0.691. The Hall–Kier alpha value is -1.15. The highest BCUT2D eigenvalue weighted by atomic mass is 19.1. The van der Waals surface area contributed by atoms with Crippen LogP contribution in [0.25, 0.3) is 0 Å². The van der Waals surface area contributed by atoms with Gasteiger partial charge >= 0.3 is 0 Å². The number of ether oxygens (including phenoxy) is 2. The summed E-state index contributed by atoms with van der Waals surface area (Å²) in [5, 5.41) is 21.3. The predicted molar refractivity (Wildman–Crippen MR) is 109 cm³/mol. The molecular weight excluding hydrogens is 403 g/mol. The number of rotatable bonds is 2. The summed E-state index contributed by atoms with van der Waals surface area (Å²) in [7, 11) is 0. The van der Waals surface area contributed by atoms with Gasteiger partial charge in [-0.05, 0) is 74.3 Å². The molecule has 0 spiro atoms. The molecule has 9 atom stereocenters. The van der Waals surface area contributed by atoms with E-state index in [-0.39, 0.29) is 30.0 Å². The van der Waals surface area contributed by atoms with Gasteiger partial charge in [-0.3, -0.25) is 9.59 Å². The Morgan fingerprint density at radius 1 is 1.26 bits per heavy atom. The maximum absolute atomic E-state index is 15.5. The number of hydrogen-bond donors (Lipinski definition) is 2. The van der Waals surface area contributed by atoms with Gasteiger partial charge in [0, 0.05) is 11.8 Å². The molecule has 0 radical (unpaired) electrons. The van der Waals surface area contributed by atoms with Gasteiger partial charge in [-0.1, -0.05) is 13.8 Å². The van der Waals surface area contributed by atoms with E-state index < -0.39 is 53.0 Å². The maximum Gasteiger partial charge on any atom is 0.193 e. The lowest BCUT2D eigenvalue weighted by Crippen LogP contribution is -2.64. The SMILES string of the molecule is CC1(C)O[C@@H]2CC3C4C[C@H](F)C5=CC(=O)CC[C@]5(C)C4[C@@H](O)C[C@]3(C)[C@]2(C(=O)CO)O1. The van der Waals surface area contributed by atoms with Crippen LogP contribution in [0.4, 0.5) is 4.39 Å². The van der Waals surface area contributed by atoms with Gasteiger partial charge in [0.05, 0.1) is 12.2 Å². The van der Waals surface area contributed by atoms with Crippen LogP contribution >= 0.6 is 0 Å². The number of carbonyl (C=O) groups is 2. The molecule has 1 heterocycles. The Bertz CT molecular complexity index is 868. The number of hydrogen-bond acceptors (Lipinski definition) is 6. The number of fused-ring (bicyclic) bond motifs is 7. The van der Waals surface area contributed by atoms with Crippen molar-refractivity contribution in [3.63, 3.8) is 0 Å². The van der Waals surface area contributed by atoms with E-state index in [1.54, 1.807) is 13.8 Å². The van der Waals surface area contributed by atoms with Crippen molar-refractivity contribution in [1.29, 1.82) is 0 Å². The van der Waals surface area contributed by atoms with Crippen LogP contribution < -0.4 is 0 Å². The fourth-order valence-electron chi connectivity index (χ4n) is 8.41. The second-order valence-corrected chi connectivity index (χ2v) is 11.3. The van der Waals surface area contributed by atoms with E-state index >= 15 is 4.39 Å². The van der Waals surface area contributed by atoms with E-state index in [0.29, 0.717) is 31.3 Å². The molecule has 172 valence electrons. The van der Waals surface area contributed by atoms with Crippen molar-refractivity contribution in [2.45, 2.75) is 89.6 Å². The van der Waals surface area contributed by atoms with Crippen molar-refractivity contribution in [1.82, 2.24) is 0 Å². The van der Waals surface area contributed by atoms with E-state index in [1.807, 2.05) is 13.8 Å². The number of carbonyl (C=O) groups excluding carboxylic acids is 2. The molecule has 0 amide bonds. The van der Waals surface area contributed by atoms with Crippen molar-refractivity contribution >= 4 is 11.6 Å². The number of aliphatic hydroxyl groups is 2. The van der Waals surface area contributed by atoms with Crippen molar-refractivity contribution in [2.75, 3.05) is 6.61 Å². The number of halogens is 1. The minimum Gasteiger partial charge on any atom is -0.393 e. The molecule has 0 aromatic heterocycles. The monoisotopic (exact) mass is 436 g/mol. The molecule has 4 aliphatic carbocycles. The van der Waals surface area contributed by atoms with Crippen LogP contribution in [0.3, 0.4) is 0 Å². The number of ketones is 2. The molecule has 7 heteroatoms. The summed E-state index contributed by atoms with van der Waals surface area (Å²) in [4.78, 5) is 25.2. The van der Waals surface area contributed by atoms with Crippen LogP contribution in [0.1, 0.15) is 59.8 Å². The second-order valence-electron chi connectivity index (χ2n) is 11.3. The smallest absolute Gasteiger partial charge is 0.193 e. The first-order valence-corrected chi connectivity index (χ1v) is 11.5. The highest BCUT2D eigenvalue weighted by Crippen LogP contribution is 2.70. The normalized spacial score (nSPS) is 52.6. The van der Waals surface area contributed by atoms with Gasteiger partial charge in [-0.15, -0.1) is 0 Å². The van der Waals surface area contributed by atoms with E-state index in [9.17, 15) is 19.8 Å². The third kappa shape index (κ3) is 2.58. The topological polar surface area (TPSA) is 93.1 Å². The first kappa shape index (κ1) is 21.7. The zero-order valence-corrected chi connectivity index (χ0v) is 18.7. The fraction of sp³-hybridized carbons (Fsp3) is 0.833. The van der Waals surface area contributed by atoms with Gasteiger partial charge in [0.1, 0.15) is 12.8 Å². The molecule has 5 aliphatic rings. The van der Waals surface area contributed by atoms with Gasteiger partial charge in [0.25, 0.3) is 0 Å². The van der Waals surface area contributed by atoms with E-state index in [2.05, 4.69) is 0 Å². The lowest BCUT2D eigenvalue weighted by molar-refractivity contribution is -0.228. The molecule has 5 rings (SSSR count). The summed E-state index contributed by atoms with van der Waals surface area (Å²) in [5.41, 5.74) is -2.19. The lowest BCUT2D eigenvalue weighted by Gasteiger charge is -2.61. The molecule has 31 heavy (non-hydrogen) atoms. The lowest BCUT2D eigenvalue weighted by atomic mass is 9.45. The highest BCUT2D eigenvalue weighted by Gasteiger charge is 2.77. The van der Waals surface area contributed by atoms with Crippen LogP contribution in [0, 0.1) is 28.6 Å². The van der Waals surface area contributed by atoms with Gasteiger partial charge in [-0.2, -0.15) is 0 Å². The van der Waals surface area contributed by atoms with E-state index in [0.717, 1.165) is 0 Å². The number of allylic oxidation sites excluding steroid dienone is 1. The van der Waals surface area contributed by atoms with Crippen molar-refractivity contribution in [2.24, 2.45) is 28.6 Å². The predicted octanol–water partition coefficient (Wildman–Crippen LogP) is 2.50. The summed E-state index contributed by atoms with van der Waals surface area (Å²) < 4.78 is 27.9. The van der Waals surface area contributed by atoms with Crippen molar-refractivity contribution in [3.8, 4) is 0 Å². The minimum atomic E-state index is -1.35. The fourth-order valence-corrected chi connectivity index (χ4v) is 8.41. The summed E-state index contributed by atoms with van der Waals surface area (Å²) in [6.45, 7) is 6.78. The Morgan fingerprint density at radius 3 is 2.65 bits per heavy atom. The molecule has 3 saturated carbocycles. The van der Waals surface area contributed by atoms with Gasteiger partial charge in [0.15, 0.2) is 23.0 Å². The summed E-state index contributed by atoms with van der Waals surface area (Å²) >= 11 is 0. The molecule has 4 fully saturated rings. The molecular formula is C24H33FO6. The average molecular weight is 437 g/mol. The Labute approximate surface area is 182 Å². The van der Waals surface area contributed by atoms with Gasteiger partial charge in [0.2, 0.25) is 0 Å². The average Bonchev–Trinajstić information content (AvgIpc) is 3.08. The standard InChI is InChI=1S/C24H33FO6/c1-21(2)30-19-9-14-13-8-16(25)15-7-12(27)5-6-22(15,3)20(13)17(28)10-23(14,4)24(19,31-21)18(29)11-26/h7,13-14,16-17,19-20,26,28H,5-6,8-11H2,1-4H3/t13?,14?,16-,17-,19+,20?,22-,23-,24+/m0/s1. The zero-order chi connectivity index (χ0) is 22.6. The highest BCUT2D eigenvalue weighted by molar-refractivity contribution is 5.92. The molecule has 3 unspecified atom stereocenters. The number of aliphatic hydroxyl groups excluding tert-OH is 2. The first-order chi connectivity index (χ1) is 14.4. The number of alkyl halides is 1. The van der Waals surface area contributed by atoms with E-state index in [1.165, 1.54) is 6.08 Å². The molecule has 2 N–H and O–H groups in total. The Balaban J connectivity index is 1.61. The zero-order valence-electron chi connectivity index (χ0n) is 18.7. The minimum absolute atomic E-state index is 0.0457. The van der Waals surface area contributed by atoms with Crippen molar-refractivity contribution in [3.05, 3.63) is 11.6 Å².